The molecular weight excluding hydrogens is 857 g/mol. The molecule has 3 fully saturated rings. The number of hydrogen-bond acceptors (Lipinski definition) is 16. The molecule has 3 aliphatic rings. The van der Waals surface area contributed by atoms with Gasteiger partial charge >= 0.3 is 0 Å². The smallest absolute Gasteiger partial charge is 0.192 e. The molecular formula is C43H80O16Si3. The molecule has 0 radical (unpaired) electrons. The average Bonchev–Trinajstić information content (AvgIpc) is 3.16. The molecule has 360 valence electrons. The highest BCUT2D eigenvalue weighted by Gasteiger charge is 2.55. The van der Waals surface area contributed by atoms with Crippen molar-refractivity contribution < 1.29 is 77.4 Å². The van der Waals surface area contributed by atoms with Crippen LogP contribution in [0.4, 0.5) is 0 Å². The van der Waals surface area contributed by atoms with E-state index in [-0.39, 0.29) is 41.5 Å². The number of benzene rings is 1. The third-order valence-corrected chi connectivity index (χ3v) is 27.5. The van der Waals surface area contributed by atoms with Crippen molar-refractivity contribution in [3.63, 3.8) is 0 Å². The van der Waals surface area contributed by atoms with E-state index in [1.165, 1.54) is 0 Å². The van der Waals surface area contributed by atoms with Crippen LogP contribution in [-0.2, 0) is 48.3 Å². The fraction of sp³-hybridized carbons (Fsp3) is 0.860. The molecule has 7 N–H and O–H groups in total. The van der Waals surface area contributed by atoms with Crippen molar-refractivity contribution in [2.24, 2.45) is 0 Å². The van der Waals surface area contributed by atoms with E-state index in [0.29, 0.717) is 0 Å². The highest BCUT2D eigenvalue weighted by Crippen LogP contribution is 2.41. The van der Waals surface area contributed by atoms with Crippen molar-refractivity contribution in [3.05, 3.63) is 35.9 Å². The van der Waals surface area contributed by atoms with Crippen LogP contribution in [0.2, 0.25) is 54.4 Å². The van der Waals surface area contributed by atoms with Crippen molar-refractivity contribution in [3.8, 4) is 0 Å². The molecule has 3 saturated heterocycles. The fourth-order valence-electron chi connectivity index (χ4n) is 6.42. The molecule has 15 atom stereocenters. The molecule has 0 unspecified atom stereocenters. The van der Waals surface area contributed by atoms with E-state index in [1.807, 2.05) is 56.5 Å². The van der Waals surface area contributed by atoms with Gasteiger partial charge in [-0.05, 0) is 60.0 Å². The summed E-state index contributed by atoms with van der Waals surface area (Å²) in [4.78, 5) is 0. The van der Waals surface area contributed by atoms with E-state index in [2.05, 4.69) is 75.4 Å². The zero-order valence-corrected chi connectivity index (χ0v) is 42.7. The number of aliphatic hydroxyl groups excluding tert-OH is 7. The monoisotopic (exact) mass is 936 g/mol. The number of rotatable bonds is 16. The SMILES string of the molecule is CC(C)(C)[Si](C)(C)OC[C@@H]1O[C@@H](O[C@@H]2[C@@H](O)[C@@H](O)[C@H](O[C@@H]3[C@@H](O)[C@@H](O)[C@H](OCc4ccccc4)O[C@H]3CO[Si](C)(C)C(C)(C)C)O[C@H]2CO[Si](C)(C)C(C)(C)C)[C@H](O)[C@H](O)[C@H]1O. The predicted molar refractivity (Wildman–Crippen MR) is 238 cm³/mol. The largest absolute Gasteiger partial charge is 0.414 e. The fourth-order valence-corrected chi connectivity index (χ4v) is 9.46. The van der Waals surface area contributed by atoms with Crippen LogP contribution in [0.25, 0.3) is 0 Å². The van der Waals surface area contributed by atoms with Gasteiger partial charge in [0.2, 0.25) is 0 Å². The van der Waals surface area contributed by atoms with Crippen LogP contribution in [0.15, 0.2) is 30.3 Å². The van der Waals surface area contributed by atoms with Gasteiger partial charge in [0.1, 0.15) is 73.2 Å². The molecule has 0 aliphatic carbocycles. The van der Waals surface area contributed by atoms with Gasteiger partial charge in [-0.15, -0.1) is 0 Å². The molecule has 0 amide bonds. The van der Waals surface area contributed by atoms with E-state index in [1.54, 1.807) is 0 Å². The Kier molecular flexibility index (Phi) is 17.9. The first-order valence-corrected chi connectivity index (χ1v) is 30.6. The Balaban J connectivity index is 1.62. The van der Waals surface area contributed by atoms with Crippen molar-refractivity contribution >= 4 is 25.0 Å². The normalized spacial score (nSPS) is 35.9. The standard InChI is InChI=1S/C43H80O16Si3/c1-41(2,3)60(10,11)52-22-26-29(44)30(45)33(48)39(55-26)58-37-28(24-54-62(14,15)43(7,8)9)57-40(35(50)32(37)47)59-36-27(23-53-61(12,13)42(4,5)6)56-38(34(49)31(36)46)51-21-25-19-17-16-18-20-25/h16-20,26-40,44-50H,21-24H2,1-15H3/t26-,27-,28-,29-,30+,31-,32-,33+,34+,35+,36-,37-,38+,39-,40-/m0/s1. The Morgan fingerprint density at radius 2 is 0.790 bits per heavy atom. The van der Waals surface area contributed by atoms with Gasteiger partial charge in [0, 0.05) is 0 Å². The average molecular weight is 937 g/mol. The van der Waals surface area contributed by atoms with Crippen LogP contribution in [0.1, 0.15) is 67.9 Å². The van der Waals surface area contributed by atoms with Gasteiger partial charge in [0.25, 0.3) is 0 Å². The van der Waals surface area contributed by atoms with Crippen molar-refractivity contribution in [2.75, 3.05) is 19.8 Å². The molecule has 0 spiro atoms. The van der Waals surface area contributed by atoms with E-state index in [9.17, 15) is 35.7 Å². The second-order valence-corrected chi connectivity index (χ2v) is 36.2. The first-order valence-electron chi connectivity index (χ1n) is 21.9. The summed E-state index contributed by atoms with van der Waals surface area (Å²) >= 11 is 0. The lowest BCUT2D eigenvalue weighted by Gasteiger charge is -2.49. The summed E-state index contributed by atoms with van der Waals surface area (Å²) in [5, 5.41) is 79.1. The van der Waals surface area contributed by atoms with E-state index < -0.39 is 117 Å². The van der Waals surface area contributed by atoms with Crippen molar-refractivity contribution in [2.45, 2.75) is 215 Å². The molecule has 19 heteroatoms. The molecule has 3 aliphatic heterocycles. The maximum absolute atomic E-state index is 11.9. The molecule has 0 bridgehead atoms. The maximum Gasteiger partial charge on any atom is 0.192 e. The highest BCUT2D eigenvalue weighted by atomic mass is 28.4. The van der Waals surface area contributed by atoms with Gasteiger partial charge in [-0.25, -0.2) is 0 Å². The van der Waals surface area contributed by atoms with Crippen LogP contribution >= 0.6 is 0 Å². The van der Waals surface area contributed by atoms with Crippen LogP contribution in [0, 0.1) is 0 Å². The Morgan fingerprint density at radius 1 is 0.452 bits per heavy atom. The number of hydrogen-bond donors (Lipinski definition) is 7. The Labute approximate surface area is 372 Å². The second-order valence-electron chi connectivity index (χ2n) is 21.8. The summed E-state index contributed by atoms with van der Waals surface area (Å²) in [5.41, 5.74) is 0.826. The Hall–Kier alpha value is -0.769. The van der Waals surface area contributed by atoms with Crippen molar-refractivity contribution in [1.29, 1.82) is 0 Å². The summed E-state index contributed by atoms with van der Waals surface area (Å²) in [6.07, 6.45) is -22.3. The summed E-state index contributed by atoms with van der Waals surface area (Å²) in [6.45, 7) is 30.6. The molecule has 16 nitrogen and oxygen atoms in total. The van der Waals surface area contributed by atoms with E-state index in [0.717, 1.165) is 5.56 Å². The second kappa shape index (κ2) is 20.6. The summed E-state index contributed by atoms with van der Waals surface area (Å²) < 4.78 is 56.7. The summed E-state index contributed by atoms with van der Waals surface area (Å²) in [5.74, 6) is 0. The number of aliphatic hydroxyl groups is 7. The minimum Gasteiger partial charge on any atom is -0.414 e. The maximum atomic E-state index is 11.9. The van der Waals surface area contributed by atoms with Gasteiger partial charge < -0.3 is 77.4 Å². The first-order chi connectivity index (χ1) is 28.3. The van der Waals surface area contributed by atoms with Crippen LogP contribution < -0.4 is 0 Å². The van der Waals surface area contributed by atoms with Gasteiger partial charge in [0.05, 0.1) is 26.4 Å². The Bertz CT molecular complexity index is 1540. The van der Waals surface area contributed by atoms with Gasteiger partial charge in [-0.3, -0.25) is 0 Å². The minimum atomic E-state index is -2.49. The van der Waals surface area contributed by atoms with E-state index >= 15 is 0 Å². The lowest BCUT2D eigenvalue weighted by molar-refractivity contribution is -0.379. The Morgan fingerprint density at radius 3 is 1.19 bits per heavy atom. The molecule has 4 rings (SSSR count). The van der Waals surface area contributed by atoms with Crippen LogP contribution in [0.5, 0.6) is 0 Å². The minimum absolute atomic E-state index is 0.0590. The molecule has 3 heterocycles. The van der Waals surface area contributed by atoms with Gasteiger partial charge in [-0.2, -0.15) is 0 Å². The summed E-state index contributed by atoms with van der Waals surface area (Å²) in [7, 11) is -7.22. The lowest BCUT2D eigenvalue weighted by Crippen LogP contribution is -2.67. The quantitative estimate of drug-likeness (QED) is 0.117. The molecule has 0 saturated carbocycles. The van der Waals surface area contributed by atoms with Gasteiger partial charge in [0.15, 0.2) is 43.8 Å². The molecule has 1 aromatic rings. The zero-order valence-electron chi connectivity index (χ0n) is 39.7. The lowest BCUT2D eigenvalue weighted by atomic mass is 9.96. The zero-order chi connectivity index (χ0) is 47.0. The molecule has 1 aromatic carbocycles. The van der Waals surface area contributed by atoms with Crippen LogP contribution in [-0.4, -0.2) is 173 Å². The topological polar surface area (TPSA) is 225 Å². The van der Waals surface area contributed by atoms with Crippen LogP contribution in [0.3, 0.4) is 0 Å². The highest BCUT2D eigenvalue weighted by molar-refractivity contribution is 6.74. The van der Waals surface area contributed by atoms with E-state index in [4.69, 9.17) is 41.7 Å². The summed E-state index contributed by atoms with van der Waals surface area (Å²) in [6, 6.07) is 9.31. The van der Waals surface area contributed by atoms with Gasteiger partial charge in [-0.1, -0.05) is 92.6 Å². The predicted octanol–water partition coefficient (Wildman–Crippen LogP) is 3.74. The van der Waals surface area contributed by atoms with Crippen molar-refractivity contribution in [1.82, 2.24) is 0 Å². The third-order valence-electron chi connectivity index (χ3n) is 14.0. The molecule has 62 heavy (non-hydrogen) atoms. The molecule has 0 aromatic heterocycles. The third kappa shape index (κ3) is 12.8. The number of ether oxygens (including phenoxy) is 6. The first kappa shape index (κ1) is 53.8.